The molecule has 1 aliphatic heterocycles. The number of aromatic nitrogens is 2. The molecule has 1 aromatic heterocycles. The fraction of sp³-hybridized carbons (Fsp3) is 0.526. The summed E-state index contributed by atoms with van der Waals surface area (Å²) in [6, 6.07) is 7.70. The molecule has 2 bridgehead atoms. The molecule has 0 radical (unpaired) electrons. The lowest BCUT2D eigenvalue weighted by Gasteiger charge is -2.67. The summed E-state index contributed by atoms with van der Waals surface area (Å²) in [5.41, 5.74) is 0.677. The SMILES string of the molecule is COC12CC(C(=O)Nc3nnc(Oc4ccc(N5CCOCC5)cc4)o3)(C1)C2. The minimum atomic E-state index is -0.346. The van der Waals surface area contributed by atoms with E-state index in [0.717, 1.165) is 51.3 Å². The zero-order chi connectivity index (χ0) is 19.2. The van der Waals surface area contributed by atoms with Crippen molar-refractivity contribution >= 4 is 17.6 Å². The van der Waals surface area contributed by atoms with Gasteiger partial charge in [-0.2, -0.15) is 0 Å². The number of amides is 1. The molecule has 148 valence electrons. The van der Waals surface area contributed by atoms with Gasteiger partial charge in [-0.3, -0.25) is 10.1 Å². The van der Waals surface area contributed by atoms with E-state index in [9.17, 15) is 4.79 Å². The normalized spacial score (nSPS) is 28.2. The third-order valence-electron chi connectivity index (χ3n) is 5.94. The Morgan fingerprint density at radius 1 is 1.14 bits per heavy atom. The van der Waals surface area contributed by atoms with E-state index < -0.39 is 0 Å². The lowest BCUT2D eigenvalue weighted by atomic mass is 9.41. The maximum absolute atomic E-state index is 12.4. The second kappa shape index (κ2) is 6.46. The monoisotopic (exact) mass is 386 g/mol. The van der Waals surface area contributed by atoms with Gasteiger partial charge in [-0.15, -0.1) is 0 Å². The van der Waals surface area contributed by atoms with Crippen molar-refractivity contribution in [3.63, 3.8) is 0 Å². The molecule has 4 fully saturated rings. The van der Waals surface area contributed by atoms with Crippen LogP contribution in [-0.4, -0.2) is 55.1 Å². The first kappa shape index (κ1) is 17.4. The van der Waals surface area contributed by atoms with Crippen molar-refractivity contribution in [3.05, 3.63) is 24.3 Å². The number of nitrogens with zero attached hydrogens (tertiary/aromatic N) is 3. The van der Waals surface area contributed by atoms with Crippen LogP contribution >= 0.6 is 0 Å². The topological polar surface area (TPSA) is 99.0 Å². The number of rotatable bonds is 6. The molecular weight excluding hydrogens is 364 g/mol. The van der Waals surface area contributed by atoms with E-state index in [4.69, 9.17) is 18.6 Å². The predicted molar refractivity (Wildman–Crippen MR) is 98.5 cm³/mol. The molecule has 1 N–H and O–H groups in total. The van der Waals surface area contributed by atoms with Gasteiger partial charge in [0.05, 0.1) is 24.2 Å². The first-order chi connectivity index (χ1) is 13.6. The van der Waals surface area contributed by atoms with Gasteiger partial charge in [-0.05, 0) is 43.5 Å². The highest BCUT2D eigenvalue weighted by Crippen LogP contribution is 2.69. The number of hydrogen-bond acceptors (Lipinski definition) is 8. The van der Waals surface area contributed by atoms with Crippen LogP contribution in [0.25, 0.3) is 0 Å². The Labute approximate surface area is 161 Å². The van der Waals surface area contributed by atoms with E-state index >= 15 is 0 Å². The van der Waals surface area contributed by atoms with Gasteiger partial charge in [-0.25, -0.2) is 0 Å². The third kappa shape index (κ3) is 2.91. The fourth-order valence-electron chi connectivity index (χ4n) is 4.33. The van der Waals surface area contributed by atoms with Crippen molar-refractivity contribution in [3.8, 4) is 11.8 Å². The molecule has 0 spiro atoms. The number of ether oxygens (including phenoxy) is 3. The van der Waals surface area contributed by atoms with Crippen LogP contribution in [0.15, 0.2) is 28.7 Å². The maximum atomic E-state index is 12.4. The van der Waals surface area contributed by atoms with Crippen molar-refractivity contribution in [2.45, 2.75) is 24.9 Å². The van der Waals surface area contributed by atoms with Crippen LogP contribution in [0.1, 0.15) is 19.3 Å². The van der Waals surface area contributed by atoms with E-state index in [2.05, 4.69) is 20.4 Å². The summed E-state index contributed by atoms with van der Waals surface area (Å²) in [7, 11) is 1.69. The van der Waals surface area contributed by atoms with Crippen molar-refractivity contribution in [1.29, 1.82) is 0 Å². The summed E-state index contributed by atoms with van der Waals surface area (Å²) in [6.45, 7) is 3.23. The number of benzene rings is 1. The highest BCUT2D eigenvalue weighted by molar-refractivity contribution is 5.96. The highest BCUT2D eigenvalue weighted by Gasteiger charge is 2.72. The Morgan fingerprint density at radius 2 is 1.86 bits per heavy atom. The average molecular weight is 386 g/mol. The minimum Gasteiger partial charge on any atom is -0.410 e. The van der Waals surface area contributed by atoms with Crippen LogP contribution < -0.4 is 15.0 Å². The van der Waals surface area contributed by atoms with E-state index in [-0.39, 0.29) is 29.0 Å². The third-order valence-corrected chi connectivity index (χ3v) is 5.94. The van der Waals surface area contributed by atoms with E-state index in [0.29, 0.717) is 5.75 Å². The molecule has 0 unspecified atom stereocenters. The summed E-state index contributed by atoms with van der Waals surface area (Å²) in [4.78, 5) is 14.7. The van der Waals surface area contributed by atoms with Crippen LogP contribution in [0.5, 0.6) is 11.8 Å². The molecule has 4 aliphatic rings. The van der Waals surface area contributed by atoms with Gasteiger partial charge in [0.25, 0.3) is 0 Å². The van der Waals surface area contributed by atoms with Gasteiger partial charge >= 0.3 is 12.1 Å². The van der Waals surface area contributed by atoms with Crippen molar-refractivity contribution < 1.29 is 23.4 Å². The number of nitrogens with one attached hydrogen (secondary N) is 1. The molecular formula is C19H22N4O5. The quantitative estimate of drug-likeness (QED) is 0.807. The van der Waals surface area contributed by atoms with Gasteiger partial charge in [0.2, 0.25) is 5.91 Å². The number of carbonyl (C=O) groups is 1. The van der Waals surface area contributed by atoms with Crippen LogP contribution in [0.2, 0.25) is 0 Å². The lowest BCUT2D eigenvalue weighted by Crippen LogP contribution is -2.72. The standard InChI is InChI=1S/C19H22N4O5/c1-25-19-10-18(11-19,12-19)15(24)20-16-21-22-17(28-16)27-14-4-2-13(3-5-14)23-6-8-26-9-7-23/h2-5H,6-12H2,1H3,(H,20,21,24). The van der Waals surface area contributed by atoms with E-state index in [1.807, 2.05) is 24.3 Å². The van der Waals surface area contributed by atoms with Crippen LogP contribution in [0.4, 0.5) is 11.7 Å². The molecule has 9 nitrogen and oxygen atoms in total. The van der Waals surface area contributed by atoms with Crippen LogP contribution in [-0.2, 0) is 14.3 Å². The highest BCUT2D eigenvalue weighted by atomic mass is 16.6. The van der Waals surface area contributed by atoms with Gasteiger partial charge in [-0.1, -0.05) is 10.2 Å². The molecule has 6 rings (SSSR count). The zero-order valence-corrected chi connectivity index (χ0v) is 15.6. The molecule has 0 atom stereocenters. The number of anilines is 2. The Balaban J connectivity index is 1.17. The summed E-state index contributed by atoms with van der Waals surface area (Å²) in [5.74, 6) is 0.483. The van der Waals surface area contributed by atoms with Gasteiger partial charge in [0.1, 0.15) is 5.75 Å². The van der Waals surface area contributed by atoms with Crippen molar-refractivity contribution in [2.75, 3.05) is 43.6 Å². The lowest BCUT2D eigenvalue weighted by molar-refractivity contribution is -0.260. The Morgan fingerprint density at radius 3 is 2.54 bits per heavy atom. The van der Waals surface area contributed by atoms with E-state index in [1.54, 1.807) is 7.11 Å². The van der Waals surface area contributed by atoms with Crippen LogP contribution in [0, 0.1) is 5.41 Å². The molecule has 2 heterocycles. The van der Waals surface area contributed by atoms with E-state index in [1.165, 1.54) is 0 Å². The van der Waals surface area contributed by atoms with Crippen molar-refractivity contribution in [2.24, 2.45) is 5.41 Å². The fourth-order valence-corrected chi connectivity index (χ4v) is 4.33. The first-order valence-electron chi connectivity index (χ1n) is 9.41. The molecule has 28 heavy (non-hydrogen) atoms. The number of methoxy groups -OCH3 is 1. The largest absolute Gasteiger partial charge is 0.421 e. The Kier molecular flexibility index (Phi) is 4.02. The van der Waals surface area contributed by atoms with Gasteiger partial charge in [0.15, 0.2) is 0 Å². The number of carbonyl (C=O) groups excluding carboxylic acids is 1. The molecule has 3 aliphatic carbocycles. The minimum absolute atomic E-state index is 0.0135. The summed E-state index contributed by atoms with van der Waals surface area (Å²) >= 11 is 0. The zero-order valence-electron chi connectivity index (χ0n) is 15.6. The molecule has 3 saturated carbocycles. The van der Waals surface area contributed by atoms with Crippen LogP contribution in [0.3, 0.4) is 0 Å². The van der Waals surface area contributed by atoms with Gasteiger partial charge in [0, 0.05) is 25.9 Å². The smallest absolute Gasteiger partial charge is 0.410 e. The molecule has 9 heteroatoms. The predicted octanol–water partition coefficient (Wildman–Crippen LogP) is 2.21. The van der Waals surface area contributed by atoms with Crippen molar-refractivity contribution in [1.82, 2.24) is 10.2 Å². The Bertz CT molecular complexity index is 855. The molecule has 1 saturated heterocycles. The second-order valence-corrected chi connectivity index (χ2v) is 7.72. The first-order valence-corrected chi connectivity index (χ1v) is 9.41. The molecule has 2 aromatic rings. The molecule has 1 amide bonds. The maximum Gasteiger partial charge on any atom is 0.421 e. The molecule has 1 aromatic carbocycles. The number of morpholine rings is 1. The summed E-state index contributed by atoms with van der Waals surface area (Å²) in [6.07, 6.45) is 2.22. The van der Waals surface area contributed by atoms with Gasteiger partial charge < -0.3 is 23.5 Å². The summed E-state index contributed by atoms with van der Waals surface area (Å²) in [5, 5.41) is 10.4. The Hall–Kier alpha value is -2.65. The number of hydrogen-bond donors (Lipinski definition) is 1. The second-order valence-electron chi connectivity index (χ2n) is 7.72. The summed E-state index contributed by atoms with van der Waals surface area (Å²) < 4.78 is 21.8. The average Bonchev–Trinajstić information content (AvgIpc) is 3.08.